The summed E-state index contributed by atoms with van der Waals surface area (Å²) in [6.45, 7) is 19.2. The molecule has 0 aromatic rings. The van der Waals surface area contributed by atoms with Crippen LogP contribution in [0.2, 0.25) is 0 Å². The van der Waals surface area contributed by atoms with Crippen LogP contribution in [0.4, 0.5) is 0 Å². The predicted molar refractivity (Wildman–Crippen MR) is 352 cm³/mol. The van der Waals surface area contributed by atoms with Crippen molar-refractivity contribution in [3.63, 3.8) is 0 Å². The molecule has 0 aromatic heterocycles. The maximum Gasteiger partial charge on any atom is 0.303 e. The first-order valence-corrected chi connectivity index (χ1v) is 34.8. The largest absolute Gasteiger partial charge is 0.481 e. The third-order valence-electron chi connectivity index (χ3n) is 15.0. The quantitative estimate of drug-likeness (QED) is 0.0318. The number of hydrogen-bond donors (Lipinski definition) is 6. The number of aliphatic hydroxyl groups is 3. The SMILES string of the molecule is CCCCCCCCCCCCCCCCCC(=O)O.CCCCCCCCCCCCCCCCCC(=O)O.CCCCCCCCCCCCCCCCCC(=O)O.CCN(C)CCO.CCN(C)CCO.CCN(C)CCO. The summed E-state index contributed by atoms with van der Waals surface area (Å²) in [5.74, 6) is -1.96. The van der Waals surface area contributed by atoms with Gasteiger partial charge in [-0.25, -0.2) is 0 Å². The smallest absolute Gasteiger partial charge is 0.303 e. The predicted octanol–water partition coefficient (Wildman–Crippen LogP) is 18.8. The molecule has 0 bridgehead atoms. The zero-order chi connectivity index (χ0) is 61.8. The molecule has 81 heavy (non-hydrogen) atoms. The van der Waals surface area contributed by atoms with Gasteiger partial charge in [-0.3, -0.25) is 14.4 Å². The van der Waals surface area contributed by atoms with Crippen molar-refractivity contribution in [3.05, 3.63) is 0 Å². The van der Waals surface area contributed by atoms with E-state index in [1.807, 2.05) is 21.1 Å². The zero-order valence-electron chi connectivity index (χ0n) is 56.1. The third kappa shape index (κ3) is 110. The normalized spacial score (nSPS) is 10.7. The summed E-state index contributed by atoms with van der Waals surface area (Å²) in [4.78, 5) is 37.2. The summed E-state index contributed by atoms with van der Waals surface area (Å²) in [7, 11) is 5.95. The summed E-state index contributed by atoms with van der Waals surface area (Å²) in [5.41, 5.74) is 0. The second kappa shape index (κ2) is 87.0. The summed E-state index contributed by atoms with van der Waals surface area (Å²) in [5, 5.41) is 50.5. The first-order valence-electron chi connectivity index (χ1n) is 34.8. The minimum Gasteiger partial charge on any atom is -0.481 e. The van der Waals surface area contributed by atoms with Crippen LogP contribution < -0.4 is 0 Å². The molecule has 0 saturated heterocycles. The van der Waals surface area contributed by atoms with E-state index in [9.17, 15) is 14.4 Å². The Bertz CT molecular complexity index is 988. The maximum atomic E-state index is 10.3. The fraction of sp³-hybridized carbons (Fsp3) is 0.957. The number of likely N-dealkylation sites (N-methyl/N-ethyl adjacent to an activating group) is 3. The number of nitrogens with zero attached hydrogens (tertiary/aromatic N) is 3. The molecule has 12 nitrogen and oxygen atoms in total. The van der Waals surface area contributed by atoms with E-state index in [1.54, 1.807) is 0 Å². The zero-order valence-corrected chi connectivity index (χ0v) is 56.1. The van der Waals surface area contributed by atoms with Crippen molar-refractivity contribution in [1.82, 2.24) is 14.7 Å². The lowest BCUT2D eigenvalue weighted by atomic mass is 10.0. The highest BCUT2D eigenvalue weighted by Gasteiger charge is 2.01. The third-order valence-corrected chi connectivity index (χ3v) is 15.0. The Labute approximate surface area is 505 Å². The molecular weight excluding hydrogens is 1010 g/mol. The number of carbonyl (C=O) groups is 3. The van der Waals surface area contributed by atoms with Crippen molar-refractivity contribution in [2.75, 3.05) is 80.2 Å². The van der Waals surface area contributed by atoms with Gasteiger partial charge in [-0.15, -0.1) is 0 Å². The molecular formula is C69H147N3O9. The van der Waals surface area contributed by atoms with Gasteiger partial charge in [0, 0.05) is 38.9 Å². The molecule has 0 fully saturated rings. The molecule has 492 valence electrons. The van der Waals surface area contributed by atoms with Crippen LogP contribution in [0, 0.1) is 0 Å². The Kier molecular flexibility index (Phi) is 97.0. The molecule has 0 unspecified atom stereocenters. The lowest BCUT2D eigenvalue weighted by Crippen LogP contribution is -2.20. The van der Waals surface area contributed by atoms with E-state index in [4.69, 9.17) is 30.6 Å². The molecule has 0 aliphatic carbocycles. The van der Waals surface area contributed by atoms with E-state index in [1.165, 1.54) is 250 Å². The first-order chi connectivity index (χ1) is 39.2. The highest BCUT2D eigenvalue weighted by molar-refractivity contribution is 5.67. The van der Waals surface area contributed by atoms with E-state index in [0.29, 0.717) is 19.3 Å². The second-order valence-corrected chi connectivity index (χ2v) is 23.1. The molecule has 0 saturated carbocycles. The van der Waals surface area contributed by atoms with Gasteiger partial charge in [0.05, 0.1) is 19.8 Å². The van der Waals surface area contributed by atoms with Crippen LogP contribution in [0.1, 0.15) is 350 Å². The summed E-state index contributed by atoms with van der Waals surface area (Å²) in [6, 6.07) is 0. The van der Waals surface area contributed by atoms with Crippen molar-refractivity contribution in [2.24, 2.45) is 0 Å². The number of carboxylic acids is 3. The minimum atomic E-state index is -0.653. The molecule has 12 heteroatoms. The average molecular weight is 1160 g/mol. The van der Waals surface area contributed by atoms with Gasteiger partial charge in [-0.05, 0) is 60.0 Å². The molecule has 0 amide bonds. The van der Waals surface area contributed by atoms with Crippen LogP contribution in [0.15, 0.2) is 0 Å². The van der Waals surface area contributed by atoms with Crippen molar-refractivity contribution in [2.45, 2.75) is 350 Å². The lowest BCUT2D eigenvalue weighted by Gasteiger charge is -2.09. The van der Waals surface area contributed by atoms with Crippen LogP contribution in [0.25, 0.3) is 0 Å². The summed E-state index contributed by atoms with van der Waals surface area (Å²) in [6.07, 6.45) is 60.6. The molecule has 0 atom stereocenters. The van der Waals surface area contributed by atoms with Crippen molar-refractivity contribution in [3.8, 4) is 0 Å². The highest BCUT2D eigenvalue weighted by atomic mass is 16.4. The van der Waals surface area contributed by atoms with Crippen molar-refractivity contribution >= 4 is 17.9 Å². The van der Waals surface area contributed by atoms with Crippen molar-refractivity contribution in [1.29, 1.82) is 0 Å². The van der Waals surface area contributed by atoms with Crippen LogP contribution >= 0.6 is 0 Å². The molecule has 0 heterocycles. The Hall–Kier alpha value is -1.83. The van der Waals surface area contributed by atoms with E-state index in [0.717, 1.165) is 77.8 Å². The summed E-state index contributed by atoms with van der Waals surface area (Å²) >= 11 is 0. The summed E-state index contributed by atoms with van der Waals surface area (Å²) < 4.78 is 0. The first kappa shape index (κ1) is 90.4. The number of carboxylic acid groups (broad SMARTS) is 3. The Morgan fingerprint density at radius 2 is 0.358 bits per heavy atom. The van der Waals surface area contributed by atoms with Gasteiger partial charge in [0.15, 0.2) is 0 Å². The fourth-order valence-electron chi connectivity index (χ4n) is 8.93. The number of hydrogen-bond acceptors (Lipinski definition) is 9. The second-order valence-electron chi connectivity index (χ2n) is 23.1. The standard InChI is InChI=1S/3C18H36O2.3C5H13NO/c3*1-2-3-4-5-6-7-8-9-10-11-12-13-14-15-16-17-18(19)20;3*1-3-6(2)4-5-7/h3*2-17H2,1H3,(H,19,20);3*7H,3-5H2,1-2H3. The number of aliphatic carboxylic acids is 3. The Balaban J connectivity index is -0.000000221. The minimum absolute atomic E-state index is 0.268. The van der Waals surface area contributed by atoms with E-state index in [2.05, 4.69) is 56.2 Å². The molecule has 0 aliphatic heterocycles. The fourth-order valence-corrected chi connectivity index (χ4v) is 8.93. The van der Waals surface area contributed by atoms with Gasteiger partial charge in [0.2, 0.25) is 0 Å². The molecule has 0 spiro atoms. The molecule has 0 aliphatic rings. The molecule has 0 aromatic carbocycles. The average Bonchev–Trinajstić information content (AvgIpc) is 3.44. The van der Waals surface area contributed by atoms with Crippen molar-refractivity contribution < 1.29 is 45.0 Å². The highest BCUT2D eigenvalue weighted by Crippen LogP contribution is 2.17. The van der Waals surface area contributed by atoms with E-state index < -0.39 is 17.9 Å². The van der Waals surface area contributed by atoms with E-state index in [-0.39, 0.29) is 19.8 Å². The van der Waals surface area contributed by atoms with Gasteiger partial charge in [-0.1, -0.05) is 311 Å². The van der Waals surface area contributed by atoms with Crippen LogP contribution in [0.3, 0.4) is 0 Å². The van der Waals surface area contributed by atoms with Gasteiger partial charge in [0.1, 0.15) is 0 Å². The van der Waals surface area contributed by atoms with E-state index >= 15 is 0 Å². The topological polar surface area (TPSA) is 182 Å². The van der Waals surface area contributed by atoms with Crippen LogP contribution in [-0.2, 0) is 14.4 Å². The molecule has 0 rings (SSSR count). The van der Waals surface area contributed by atoms with Crippen LogP contribution in [0.5, 0.6) is 0 Å². The maximum absolute atomic E-state index is 10.3. The number of unbranched alkanes of at least 4 members (excludes halogenated alkanes) is 42. The number of rotatable bonds is 57. The van der Waals surface area contributed by atoms with Gasteiger partial charge in [-0.2, -0.15) is 0 Å². The monoisotopic (exact) mass is 1160 g/mol. The number of aliphatic hydroxyl groups excluding tert-OH is 3. The van der Waals surface area contributed by atoms with Gasteiger partial charge >= 0.3 is 17.9 Å². The van der Waals surface area contributed by atoms with Crippen LogP contribution in [-0.4, -0.2) is 143 Å². The molecule has 6 N–H and O–H groups in total. The van der Waals surface area contributed by atoms with Gasteiger partial charge in [0.25, 0.3) is 0 Å². The van der Waals surface area contributed by atoms with Gasteiger partial charge < -0.3 is 45.3 Å². The Morgan fingerprint density at radius 3 is 0.444 bits per heavy atom. The molecule has 0 radical (unpaired) electrons. The Morgan fingerprint density at radius 1 is 0.235 bits per heavy atom. The lowest BCUT2D eigenvalue weighted by molar-refractivity contribution is -0.138.